The summed E-state index contributed by atoms with van der Waals surface area (Å²) in [5.74, 6) is 1.65. The number of aromatic nitrogens is 1. The molecule has 0 aliphatic heterocycles. The number of nitrogens with zero attached hydrogens (tertiary/aromatic N) is 2. The molecule has 24 heavy (non-hydrogen) atoms. The highest BCUT2D eigenvalue weighted by Gasteiger charge is 2.07. The molecule has 2 aromatic rings. The van der Waals surface area contributed by atoms with E-state index in [0.29, 0.717) is 17.3 Å². The second-order valence-corrected chi connectivity index (χ2v) is 6.93. The molecule has 0 saturated carbocycles. The smallest absolute Gasteiger partial charge is 0.257 e. The van der Waals surface area contributed by atoms with Gasteiger partial charge >= 0.3 is 0 Å². The van der Waals surface area contributed by atoms with Crippen LogP contribution in [0.4, 0.5) is 0 Å². The normalized spacial score (nSPS) is 11.3. The van der Waals surface area contributed by atoms with Gasteiger partial charge in [0.25, 0.3) is 5.91 Å². The molecule has 0 atom stereocenters. The van der Waals surface area contributed by atoms with Crippen LogP contribution >= 0.6 is 23.5 Å². The number of amidine groups is 1. The number of aliphatic imine (C=N–C) groups is 1. The Balaban J connectivity index is 1.77. The van der Waals surface area contributed by atoms with Crippen LogP contribution in [0.3, 0.4) is 0 Å². The van der Waals surface area contributed by atoms with Gasteiger partial charge in [-0.25, -0.2) is 0 Å². The summed E-state index contributed by atoms with van der Waals surface area (Å²) in [7, 11) is 0. The maximum Gasteiger partial charge on any atom is 0.257 e. The Kier molecular flexibility index (Phi) is 7.85. The second-order valence-electron chi connectivity index (χ2n) is 5.03. The Bertz CT molecular complexity index is 690. The molecule has 0 fully saturated rings. The summed E-state index contributed by atoms with van der Waals surface area (Å²) < 4.78 is 0. The molecule has 0 aliphatic carbocycles. The Morgan fingerprint density at radius 3 is 2.71 bits per heavy atom. The summed E-state index contributed by atoms with van der Waals surface area (Å²) in [4.78, 5) is 21.0. The van der Waals surface area contributed by atoms with Crippen molar-refractivity contribution < 1.29 is 4.79 Å². The van der Waals surface area contributed by atoms with E-state index in [9.17, 15) is 4.79 Å². The summed E-state index contributed by atoms with van der Waals surface area (Å²) in [5, 5.41) is 3.50. The van der Waals surface area contributed by atoms with Gasteiger partial charge in [0, 0.05) is 23.3 Å². The average Bonchev–Trinajstić information content (AvgIpc) is 2.62. The van der Waals surface area contributed by atoms with Crippen LogP contribution in [0.15, 0.2) is 53.7 Å². The van der Waals surface area contributed by atoms with Gasteiger partial charge in [0.05, 0.1) is 12.2 Å². The number of aryl methyl sites for hydroxylation is 1. The summed E-state index contributed by atoms with van der Waals surface area (Å²) >= 11 is 3.24. The minimum atomic E-state index is -0.125. The number of pyridine rings is 1. The van der Waals surface area contributed by atoms with E-state index < -0.39 is 0 Å². The maximum atomic E-state index is 12.1. The third-order valence-electron chi connectivity index (χ3n) is 3.30. The number of hydrogen-bond donors (Lipinski definition) is 1. The molecular formula is C18H21N3OS2. The topological polar surface area (TPSA) is 54.4 Å². The van der Waals surface area contributed by atoms with Crippen LogP contribution in [0.5, 0.6) is 0 Å². The first kappa shape index (κ1) is 18.5. The molecule has 0 aliphatic rings. The van der Waals surface area contributed by atoms with Crippen molar-refractivity contribution in [1.82, 2.24) is 10.3 Å². The van der Waals surface area contributed by atoms with Crippen LogP contribution in [-0.2, 0) is 5.75 Å². The number of nitrogens with one attached hydrogen (secondary N) is 1. The summed E-state index contributed by atoms with van der Waals surface area (Å²) in [6, 6.07) is 13.2. The summed E-state index contributed by atoms with van der Waals surface area (Å²) in [6.45, 7) is 2.74. The molecule has 0 bridgehead atoms. The standard InChI is InChI=1S/C18H21N3OS2/c1-14-7-6-10-19-16(14)13-24-12-11-20-18(23-2)21-17(22)15-8-4-3-5-9-15/h3-10H,11-13H2,1-2H3,(H,20,21,22). The zero-order chi connectivity index (χ0) is 17.2. The van der Waals surface area contributed by atoms with Crippen molar-refractivity contribution in [3.8, 4) is 0 Å². The fraction of sp³-hybridized carbons (Fsp3) is 0.278. The van der Waals surface area contributed by atoms with Crippen molar-refractivity contribution in [2.45, 2.75) is 12.7 Å². The molecule has 1 amide bonds. The Morgan fingerprint density at radius 2 is 2.00 bits per heavy atom. The van der Waals surface area contributed by atoms with E-state index in [2.05, 4.69) is 28.3 Å². The van der Waals surface area contributed by atoms with E-state index in [4.69, 9.17) is 0 Å². The van der Waals surface area contributed by atoms with Crippen LogP contribution < -0.4 is 5.32 Å². The quantitative estimate of drug-likeness (QED) is 0.485. The van der Waals surface area contributed by atoms with Gasteiger partial charge in [-0.15, -0.1) is 0 Å². The predicted molar refractivity (Wildman–Crippen MR) is 105 cm³/mol. The zero-order valence-corrected chi connectivity index (χ0v) is 15.5. The number of thioether (sulfide) groups is 2. The van der Waals surface area contributed by atoms with E-state index in [1.165, 1.54) is 17.3 Å². The molecule has 0 spiro atoms. The number of benzene rings is 1. The van der Waals surface area contributed by atoms with E-state index >= 15 is 0 Å². The van der Waals surface area contributed by atoms with E-state index in [1.807, 2.05) is 36.7 Å². The lowest BCUT2D eigenvalue weighted by molar-refractivity contribution is 0.0978. The molecule has 0 radical (unpaired) electrons. The van der Waals surface area contributed by atoms with Crippen molar-refractivity contribution in [3.05, 3.63) is 65.5 Å². The number of carbonyl (C=O) groups is 1. The van der Waals surface area contributed by atoms with Crippen LogP contribution in [0.25, 0.3) is 0 Å². The Hall–Kier alpha value is -1.79. The molecule has 6 heteroatoms. The van der Waals surface area contributed by atoms with Crippen LogP contribution in [0.1, 0.15) is 21.6 Å². The zero-order valence-electron chi connectivity index (χ0n) is 13.9. The number of rotatable bonds is 6. The van der Waals surface area contributed by atoms with E-state index in [-0.39, 0.29) is 5.91 Å². The van der Waals surface area contributed by atoms with Crippen molar-refractivity contribution in [1.29, 1.82) is 0 Å². The molecule has 0 unspecified atom stereocenters. The second kappa shape index (κ2) is 10.2. The minimum absolute atomic E-state index is 0.125. The van der Waals surface area contributed by atoms with Crippen LogP contribution in [-0.4, -0.2) is 34.6 Å². The molecule has 0 saturated heterocycles. The first-order valence-electron chi connectivity index (χ1n) is 7.64. The summed E-state index contributed by atoms with van der Waals surface area (Å²) in [6.07, 6.45) is 3.74. The lowest BCUT2D eigenvalue weighted by Gasteiger charge is -2.07. The summed E-state index contributed by atoms with van der Waals surface area (Å²) in [5.41, 5.74) is 2.97. The third-order valence-corrected chi connectivity index (χ3v) is 4.86. The third kappa shape index (κ3) is 6.02. The fourth-order valence-corrected chi connectivity index (χ4v) is 3.24. The monoisotopic (exact) mass is 359 g/mol. The highest BCUT2D eigenvalue weighted by atomic mass is 32.2. The van der Waals surface area contributed by atoms with E-state index in [0.717, 1.165) is 17.2 Å². The average molecular weight is 360 g/mol. The van der Waals surface area contributed by atoms with Gasteiger partial charge in [0.15, 0.2) is 5.17 Å². The van der Waals surface area contributed by atoms with Gasteiger partial charge in [-0.1, -0.05) is 36.0 Å². The van der Waals surface area contributed by atoms with Gasteiger partial charge in [-0.3, -0.25) is 14.8 Å². The molecule has 4 nitrogen and oxygen atoms in total. The first-order valence-corrected chi connectivity index (χ1v) is 10.0. The van der Waals surface area contributed by atoms with Gasteiger partial charge in [0.2, 0.25) is 0 Å². The molecule has 1 heterocycles. The number of carbonyl (C=O) groups excluding carboxylic acids is 1. The lowest BCUT2D eigenvalue weighted by Crippen LogP contribution is -2.28. The van der Waals surface area contributed by atoms with Crippen molar-refractivity contribution in [2.24, 2.45) is 4.99 Å². The van der Waals surface area contributed by atoms with Crippen molar-refractivity contribution in [2.75, 3.05) is 18.6 Å². The minimum Gasteiger partial charge on any atom is -0.301 e. The van der Waals surface area contributed by atoms with Gasteiger partial charge in [-0.2, -0.15) is 11.8 Å². The molecule has 1 aromatic carbocycles. The lowest BCUT2D eigenvalue weighted by atomic mass is 10.2. The van der Waals surface area contributed by atoms with Crippen LogP contribution in [0.2, 0.25) is 0 Å². The highest BCUT2D eigenvalue weighted by Crippen LogP contribution is 2.13. The predicted octanol–water partition coefficient (Wildman–Crippen LogP) is 3.77. The molecule has 2 rings (SSSR count). The number of amides is 1. The first-order chi connectivity index (χ1) is 11.7. The Morgan fingerprint density at radius 1 is 1.21 bits per heavy atom. The van der Waals surface area contributed by atoms with E-state index in [1.54, 1.807) is 23.9 Å². The molecule has 126 valence electrons. The van der Waals surface area contributed by atoms with Crippen molar-refractivity contribution >= 4 is 34.6 Å². The van der Waals surface area contributed by atoms with Crippen LogP contribution in [0, 0.1) is 6.92 Å². The van der Waals surface area contributed by atoms with Gasteiger partial charge < -0.3 is 5.32 Å². The maximum absolute atomic E-state index is 12.1. The molecular weight excluding hydrogens is 338 g/mol. The van der Waals surface area contributed by atoms with Gasteiger partial charge in [0.1, 0.15) is 0 Å². The molecule has 1 aromatic heterocycles. The van der Waals surface area contributed by atoms with Gasteiger partial charge in [-0.05, 0) is 36.9 Å². The van der Waals surface area contributed by atoms with Crippen molar-refractivity contribution in [3.63, 3.8) is 0 Å². The fourth-order valence-electron chi connectivity index (χ4n) is 1.96. The Labute approximate surface area is 151 Å². The SMILES string of the molecule is CSC(=NCCSCc1ncccc1C)NC(=O)c1ccccc1. The molecule has 1 N–H and O–H groups in total. The number of hydrogen-bond acceptors (Lipinski definition) is 5. The largest absolute Gasteiger partial charge is 0.301 e. The highest BCUT2D eigenvalue weighted by molar-refractivity contribution is 8.13.